The highest BCUT2D eigenvalue weighted by atomic mass is 16.7. The lowest BCUT2D eigenvalue weighted by atomic mass is 10.0. The number of rotatable bonds is 2. The Balaban J connectivity index is 2.31. The summed E-state index contributed by atoms with van der Waals surface area (Å²) in [4.78, 5) is 11.0. The third kappa shape index (κ3) is 2.08. The molecule has 4 heteroatoms. The molecule has 1 aromatic carbocycles. The van der Waals surface area contributed by atoms with E-state index in [0.29, 0.717) is 12.2 Å². The van der Waals surface area contributed by atoms with Crippen LogP contribution in [0.15, 0.2) is 24.3 Å². The third-order valence-corrected chi connectivity index (χ3v) is 2.55. The number of carboxylic acid groups (broad SMARTS) is 1. The first-order chi connectivity index (χ1) is 7.49. The maximum absolute atomic E-state index is 11.0. The fourth-order valence-electron chi connectivity index (χ4n) is 1.81. The molecule has 1 heterocycles. The number of aromatic carboxylic acids is 1. The van der Waals surface area contributed by atoms with Gasteiger partial charge in [0.25, 0.3) is 0 Å². The van der Waals surface area contributed by atoms with Gasteiger partial charge in [0.05, 0.1) is 12.2 Å². The molecule has 1 aromatic rings. The maximum atomic E-state index is 11.0. The molecule has 1 aliphatic heterocycles. The van der Waals surface area contributed by atoms with Crippen LogP contribution in [0, 0.1) is 0 Å². The van der Waals surface area contributed by atoms with E-state index in [1.54, 1.807) is 24.3 Å². The van der Waals surface area contributed by atoms with Crippen LogP contribution >= 0.6 is 0 Å². The van der Waals surface area contributed by atoms with E-state index in [1.807, 2.05) is 13.8 Å². The molecule has 0 amide bonds. The van der Waals surface area contributed by atoms with Crippen LogP contribution in [-0.4, -0.2) is 23.5 Å². The monoisotopic (exact) mass is 222 g/mol. The van der Waals surface area contributed by atoms with E-state index in [1.165, 1.54) is 0 Å². The van der Waals surface area contributed by atoms with Gasteiger partial charge in [-0.3, -0.25) is 0 Å². The van der Waals surface area contributed by atoms with Gasteiger partial charge in [-0.05, 0) is 25.5 Å². The molecule has 1 unspecified atom stereocenters. The summed E-state index contributed by atoms with van der Waals surface area (Å²) < 4.78 is 11.1. The van der Waals surface area contributed by atoms with E-state index in [2.05, 4.69) is 0 Å². The minimum absolute atomic E-state index is 0.272. The van der Waals surface area contributed by atoms with Crippen LogP contribution in [0.2, 0.25) is 0 Å². The van der Waals surface area contributed by atoms with Crippen LogP contribution in [-0.2, 0) is 9.47 Å². The Kier molecular flexibility index (Phi) is 2.69. The first kappa shape index (κ1) is 11.1. The zero-order chi connectivity index (χ0) is 11.8. The van der Waals surface area contributed by atoms with Gasteiger partial charge >= 0.3 is 5.97 Å². The molecule has 1 fully saturated rings. The van der Waals surface area contributed by atoms with Crippen molar-refractivity contribution in [2.75, 3.05) is 6.61 Å². The molecule has 1 aliphatic rings. The Morgan fingerprint density at radius 2 is 2.12 bits per heavy atom. The lowest BCUT2D eigenvalue weighted by Crippen LogP contribution is -2.20. The van der Waals surface area contributed by atoms with Crippen molar-refractivity contribution in [3.8, 4) is 0 Å². The molecule has 1 saturated heterocycles. The molecule has 0 saturated carbocycles. The van der Waals surface area contributed by atoms with Crippen LogP contribution in [0.1, 0.15) is 35.9 Å². The van der Waals surface area contributed by atoms with Gasteiger partial charge in [0.15, 0.2) is 5.79 Å². The molecule has 0 aliphatic carbocycles. The fraction of sp³-hybridized carbons (Fsp3) is 0.417. The summed E-state index contributed by atoms with van der Waals surface area (Å²) in [6.07, 6.45) is -0.303. The van der Waals surface area contributed by atoms with Crippen LogP contribution < -0.4 is 0 Å². The first-order valence-electron chi connectivity index (χ1n) is 5.13. The molecule has 4 nitrogen and oxygen atoms in total. The predicted molar refractivity (Wildman–Crippen MR) is 57.3 cm³/mol. The third-order valence-electron chi connectivity index (χ3n) is 2.55. The SMILES string of the molecule is CC1(C)OCC(c2ccccc2C(=O)O)O1. The maximum Gasteiger partial charge on any atom is 0.336 e. The van der Waals surface area contributed by atoms with Crippen molar-refractivity contribution >= 4 is 5.97 Å². The molecule has 1 N–H and O–H groups in total. The Morgan fingerprint density at radius 3 is 2.69 bits per heavy atom. The number of benzene rings is 1. The highest BCUT2D eigenvalue weighted by Gasteiger charge is 2.35. The van der Waals surface area contributed by atoms with Crippen LogP contribution in [0.4, 0.5) is 0 Å². The first-order valence-corrected chi connectivity index (χ1v) is 5.13. The predicted octanol–water partition coefficient (Wildman–Crippen LogP) is 2.21. The second-order valence-corrected chi connectivity index (χ2v) is 4.21. The average molecular weight is 222 g/mol. The normalized spacial score (nSPS) is 23.2. The van der Waals surface area contributed by atoms with Crippen molar-refractivity contribution in [1.29, 1.82) is 0 Å². The lowest BCUT2D eigenvalue weighted by molar-refractivity contribution is -0.139. The summed E-state index contributed by atoms with van der Waals surface area (Å²) >= 11 is 0. The van der Waals surface area contributed by atoms with E-state index >= 15 is 0 Å². The molecule has 1 atom stereocenters. The van der Waals surface area contributed by atoms with Gasteiger partial charge in [0, 0.05) is 0 Å². The summed E-state index contributed by atoms with van der Waals surface area (Å²) in [5.74, 6) is -1.58. The zero-order valence-electron chi connectivity index (χ0n) is 9.27. The van der Waals surface area contributed by atoms with E-state index in [4.69, 9.17) is 14.6 Å². The minimum Gasteiger partial charge on any atom is -0.478 e. The topological polar surface area (TPSA) is 55.8 Å². The zero-order valence-corrected chi connectivity index (χ0v) is 9.27. The Morgan fingerprint density at radius 1 is 1.44 bits per heavy atom. The smallest absolute Gasteiger partial charge is 0.336 e. The summed E-state index contributed by atoms with van der Waals surface area (Å²) in [7, 11) is 0. The van der Waals surface area contributed by atoms with Gasteiger partial charge in [0.1, 0.15) is 6.10 Å². The van der Waals surface area contributed by atoms with Gasteiger partial charge in [0.2, 0.25) is 0 Å². The molecule has 0 aromatic heterocycles. The van der Waals surface area contributed by atoms with Crippen LogP contribution in [0.25, 0.3) is 0 Å². The Bertz CT molecular complexity index is 411. The second kappa shape index (κ2) is 3.88. The number of carboxylic acids is 1. The molecular formula is C12H14O4. The lowest BCUT2D eigenvalue weighted by Gasteiger charge is -2.17. The highest BCUT2D eigenvalue weighted by Crippen LogP contribution is 2.34. The van der Waals surface area contributed by atoms with Crippen LogP contribution in [0.5, 0.6) is 0 Å². The van der Waals surface area contributed by atoms with Gasteiger partial charge in [-0.1, -0.05) is 18.2 Å². The van der Waals surface area contributed by atoms with Gasteiger partial charge in [-0.15, -0.1) is 0 Å². The second-order valence-electron chi connectivity index (χ2n) is 4.21. The van der Waals surface area contributed by atoms with Crippen molar-refractivity contribution in [3.63, 3.8) is 0 Å². The quantitative estimate of drug-likeness (QED) is 0.833. The van der Waals surface area contributed by atoms with Crippen LogP contribution in [0.3, 0.4) is 0 Å². The number of hydrogen-bond donors (Lipinski definition) is 1. The molecule has 16 heavy (non-hydrogen) atoms. The number of ether oxygens (including phenoxy) is 2. The molecule has 0 bridgehead atoms. The van der Waals surface area contributed by atoms with Gasteiger partial charge in [-0.2, -0.15) is 0 Å². The van der Waals surface area contributed by atoms with E-state index in [-0.39, 0.29) is 11.7 Å². The summed E-state index contributed by atoms with van der Waals surface area (Å²) in [5, 5.41) is 9.06. The summed E-state index contributed by atoms with van der Waals surface area (Å²) in [6, 6.07) is 6.84. The highest BCUT2D eigenvalue weighted by molar-refractivity contribution is 5.89. The van der Waals surface area contributed by atoms with Crippen molar-refractivity contribution in [2.24, 2.45) is 0 Å². The average Bonchev–Trinajstić information content (AvgIpc) is 2.59. The molecule has 0 radical (unpaired) electrons. The van der Waals surface area contributed by atoms with Gasteiger partial charge in [-0.25, -0.2) is 4.79 Å². The molecular weight excluding hydrogens is 208 g/mol. The van der Waals surface area contributed by atoms with Crippen molar-refractivity contribution in [1.82, 2.24) is 0 Å². The Hall–Kier alpha value is -1.39. The Labute approximate surface area is 93.8 Å². The molecule has 0 spiro atoms. The molecule has 2 rings (SSSR count). The van der Waals surface area contributed by atoms with E-state index in [0.717, 1.165) is 0 Å². The number of hydrogen-bond acceptors (Lipinski definition) is 3. The summed E-state index contributed by atoms with van der Waals surface area (Å²) in [5.41, 5.74) is 0.939. The summed E-state index contributed by atoms with van der Waals surface area (Å²) in [6.45, 7) is 4.02. The standard InChI is InChI=1S/C12H14O4/c1-12(2)15-7-10(16-12)8-5-3-4-6-9(8)11(13)14/h3-6,10H,7H2,1-2H3,(H,13,14). The largest absolute Gasteiger partial charge is 0.478 e. The minimum atomic E-state index is -0.941. The molecule has 86 valence electrons. The van der Waals surface area contributed by atoms with Crippen molar-refractivity contribution in [2.45, 2.75) is 25.7 Å². The van der Waals surface area contributed by atoms with Crippen molar-refractivity contribution in [3.05, 3.63) is 35.4 Å². The van der Waals surface area contributed by atoms with Gasteiger partial charge < -0.3 is 14.6 Å². The number of carbonyl (C=O) groups is 1. The fourth-order valence-corrected chi connectivity index (χ4v) is 1.81. The van der Waals surface area contributed by atoms with E-state index in [9.17, 15) is 4.79 Å². The van der Waals surface area contributed by atoms with Crippen molar-refractivity contribution < 1.29 is 19.4 Å². The van der Waals surface area contributed by atoms with E-state index < -0.39 is 11.8 Å².